The molecule has 5 rings (SSSR count). The third kappa shape index (κ3) is 6.97. The van der Waals surface area contributed by atoms with E-state index in [0.29, 0.717) is 5.75 Å². The summed E-state index contributed by atoms with van der Waals surface area (Å²) in [6.07, 6.45) is -28.8. The van der Waals surface area contributed by atoms with Crippen LogP contribution in [-0.2, 0) is 33.2 Å². The molecule has 4 heterocycles. The van der Waals surface area contributed by atoms with E-state index in [-0.39, 0.29) is 16.5 Å². The van der Waals surface area contributed by atoms with Gasteiger partial charge in [-0.25, -0.2) is 0 Å². The molecule has 21 nitrogen and oxygen atoms in total. The predicted molar refractivity (Wildman–Crippen MR) is 147 cm³/mol. The van der Waals surface area contributed by atoms with Crippen molar-refractivity contribution >= 4 is 11.6 Å². The first kappa shape index (κ1) is 36.9. The minimum absolute atomic E-state index is 0.0510. The highest BCUT2D eigenvalue weighted by atomic mass is 16.8. The standard InChI is InChI=1S/C27H39NO20/c1-41-8-2-3-9-10(4-8)42-27(23(39)28(9)40)48-26-20(38)22(15(33)12(6-30)44-26)47-25-19(37)17(35)21(13(7-31)45-25)46-24-18(36)16(34)14(32)11(5-29)43-24/h2-4,11-22,24-27,29-38,40H,5-7H2,1H3/t11?,12-,13?,14?,15-,16?,17?,18?,19?,20-,21?,22+,24?,25?,26+,27-/m1/s1. The SMILES string of the molecule is COc1ccc2c(c1)O[C@H](O[C@@H]1O[C@H](CO)[C@@H](O)[C@H](OC3OC(CO)C(OC4OC(CO)C(O)C(O)C4O)C(O)C3O)[C@H]1O)C(=O)N2O. The number of rotatable bonds is 10. The van der Waals surface area contributed by atoms with Crippen LogP contribution in [0.15, 0.2) is 18.2 Å². The molecule has 0 saturated carbocycles. The van der Waals surface area contributed by atoms with Gasteiger partial charge < -0.3 is 89.0 Å². The van der Waals surface area contributed by atoms with Gasteiger partial charge in [-0.3, -0.25) is 10.0 Å². The van der Waals surface area contributed by atoms with Gasteiger partial charge in [0, 0.05) is 6.07 Å². The number of carbonyl (C=O) groups excluding carboxylic acids is 1. The zero-order valence-corrected chi connectivity index (χ0v) is 25.1. The minimum Gasteiger partial charge on any atom is -0.497 e. The van der Waals surface area contributed by atoms with Crippen LogP contribution < -0.4 is 14.5 Å². The van der Waals surface area contributed by atoms with Gasteiger partial charge >= 0.3 is 5.91 Å². The summed E-state index contributed by atoms with van der Waals surface area (Å²) < 4.78 is 43.5. The van der Waals surface area contributed by atoms with Gasteiger partial charge in [0.2, 0.25) is 0 Å². The molecule has 1 aromatic rings. The lowest BCUT2D eigenvalue weighted by molar-refractivity contribution is -0.383. The highest BCUT2D eigenvalue weighted by Gasteiger charge is 2.54. The zero-order valence-electron chi connectivity index (χ0n) is 25.1. The molecule has 1 aromatic carbocycles. The Kier molecular flexibility index (Phi) is 11.7. The summed E-state index contributed by atoms with van der Waals surface area (Å²) in [4.78, 5) is 12.8. The highest BCUT2D eigenvalue weighted by Crippen LogP contribution is 2.38. The molecular formula is C27H39NO20. The quantitative estimate of drug-likeness (QED) is 0.101. The highest BCUT2D eigenvalue weighted by molar-refractivity contribution is 5.97. The second kappa shape index (κ2) is 15.2. The lowest BCUT2D eigenvalue weighted by atomic mass is 9.96. The maximum Gasteiger partial charge on any atom is 0.320 e. The molecule has 0 aliphatic carbocycles. The van der Waals surface area contributed by atoms with E-state index in [1.807, 2.05) is 0 Å². The van der Waals surface area contributed by atoms with E-state index in [1.54, 1.807) is 0 Å². The molecule has 0 spiro atoms. The average Bonchev–Trinajstić information content (AvgIpc) is 3.09. The molecule has 4 aliphatic rings. The van der Waals surface area contributed by atoms with Crippen LogP contribution in [0.25, 0.3) is 0 Å². The molecule has 4 aliphatic heterocycles. The molecule has 48 heavy (non-hydrogen) atoms. The molecule has 3 saturated heterocycles. The molecule has 11 N–H and O–H groups in total. The molecule has 272 valence electrons. The Hall–Kier alpha value is -2.39. The monoisotopic (exact) mass is 697 g/mol. The fourth-order valence-electron chi connectivity index (χ4n) is 5.63. The first-order chi connectivity index (χ1) is 22.8. The second-order valence-electron chi connectivity index (χ2n) is 11.4. The fourth-order valence-corrected chi connectivity index (χ4v) is 5.63. The number of ether oxygens (including phenoxy) is 8. The second-order valence-corrected chi connectivity index (χ2v) is 11.4. The lowest BCUT2D eigenvalue weighted by Crippen LogP contribution is -2.67. The summed E-state index contributed by atoms with van der Waals surface area (Å²) in [5, 5.41) is 114. The summed E-state index contributed by atoms with van der Waals surface area (Å²) in [6.45, 7) is -2.56. The van der Waals surface area contributed by atoms with E-state index in [1.165, 1.54) is 25.3 Å². The number of hydrogen-bond acceptors (Lipinski definition) is 20. The average molecular weight is 698 g/mol. The number of methoxy groups -OCH3 is 1. The number of fused-ring (bicyclic) bond motifs is 1. The van der Waals surface area contributed by atoms with E-state index >= 15 is 0 Å². The van der Waals surface area contributed by atoms with Crippen LogP contribution in [0.1, 0.15) is 0 Å². The van der Waals surface area contributed by atoms with Gasteiger partial charge in [0.25, 0.3) is 6.29 Å². The number of aliphatic hydroxyl groups is 10. The maximum atomic E-state index is 12.8. The van der Waals surface area contributed by atoms with Gasteiger partial charge in [-0.1, -0.05) is 0 Å². The van der Waals surface area contributed by atoms with E-state index in [4.69, 9.17) is 37.9 Å². The van der Waals surface area contributed by atoms with Gasteiger partial charge in [0.15, 0.2) is 24.6 Å². The number of amides is 1. The summed E-state index contributed by atoms with van der Waals surface area (Å²) in [6, 6.07) is 4.12. The van der Waals surface area contributed by atoms with Gasteiger partial charge in [-0.2, -0.15) is 5.06 Å². The zero-order chi connectivity index (χ0) is 35.0. The van der Waals surface area contributed by atoms with Crippen LogP contribution in [0.2, 0.25) is 0 Å². The van der Waals surface area contributed by atoms with E-state index in [0.717, 1.165) is 0 Å². The Morgan fingerprint density at radius 2 is 1.21 bits per heavy atom. The van der Waals surface area contributed by atoms with Crippen LogP contribution >= 0.6 is 0 Å². The molecule has 10 unspecified atom stereocenters. The van der Waals surface area contributed by atoms with Crippen molar-refractivity contribution in [3.05, 3.63) is 18.2 Å². The lowest BCUT2D eigenvalue weighted by Gasteiger charge is -2.48. The van der Waals surface area contributed by atoms with Crippen molar-refractivity contribution in [1.29, 1.82) is 0 Å². The predicted octanol–water partition coefficient (Wildman–Crippen LogP) is -6.40. The summed E-state index contributed by atoms with van der Waals surface area (Å²) in [7, 11) is 1.37. The third-order valence-electron chi connectivity index (χ3n) is 8.37. The Balaban J connectivity index is 1.29. The largest absolute Gasteiger partial charge is 0.497 e. The molecule has 3 fully saturated rings. The number of hydroxylamine groups is 1. The molecule has 16 atom stereocenters. The van der Waals surface area contributed by atoms with E-state index in [9.17, 15) is 61.1 Å². The van der Waals surface area contributed by atoms with Crippen LogP contribution in [0.5, 0.6) is 11.5 Å². The molecule has 21 heteroatoms. The first-order valence-electron chi connectivity index (χ1n) is 14.7. The maximum absolute atomic E-state index is 12.8. The first-order valence-corrected chi connectivity index (χ1v) is 14.7. The minimum atomic E-state index is -2.05. The van der Waals surface area contributed by atoms with Crippen molar-refractivity contribution < 1.29 is 99.0 Å². The number of aliphatic hydroxyl groups excluding tert-OH is 10. The van der Waals surface area contributed by atoms with Crippen molar-refractivity contribution in [3.8, 4) is 11.5 Å². The Labute approximate surface area is 271 Å². The van der Waals surface area contributed by atoms with Gasteiger partial charge in [-0.15, -0.1) is 0 Å². The normalized spacial score (nSPS) is 43.4. The Bertz CT molecular complexity index is 1240. The van der Waals surface area contributed by atoms with Crippen molar-refractivity contribution in [2.24, 2.45) is 0 Å². The number of benzene rings is 1. The Morgan fingerprint density at radius 3 is 1.81 bits per heavy atom. The van der Waals surface area contributed by atoms with Crippen LogP contribution in [0.4, 0.5) is 5.69 Å². The fraction of sp³-hybridized carbons (Fsp3) is 0.741. The van der Waals surface area contributed by atoms with Crippen LogP contribution in [0, 0.1) is 0 Å². The van der Waals surface area contributed by atoms with Crippen molar-refractivity contribution in [2.75, 3.05) is 32.0 Å². The van der Waals surface area contributed by atoms with Crippen LogP contribution in [0.3, 0.4) is 0 Å². The van der Waals surface area contributed by atoms with Crippen molar-refractivity contribution in [3.63, 3.8) is 0 Å². The van der Waals surface area contributed by atoms with E-state index in [2.05, 4.69) is 0 Å². The Morgan fingerprint density at radius 1 is 0.667 bits per heavy atom. The van der Waals surface area contributed by atoms with Crippen LogP contribution in [-0.4, -0.2) is 188 Å². The summed E-state index contributed by atoms with van der Waals surface area (Å²) >= 11 is 0. The van der Waals surface area contributed by atoms with E-state index < -0.39 is 124 Å². The molecule has 1 amide bonds. The van der Waals surface area contributed by atoms with Crippen molar-refractivity contribution in [1.82, 2.24) is 0 Å². The van der Waals surface area contributed by atoms with Crippen molar-refractivity contribution in [2.45, 2.75) is 98.4 Å². The molecular weight excluding hydrogens is 658 g/mol. The molecule has 0 bridgehead atoms. The number of carbonyl (C=O) groups is 1. The number of hydrogen-bond donors (Lipinski definition) is 11. The number of anilines is 1. The third-order valence-corrected chi connectivity index (χ3v) is 8.37. The van der Waals surface area contributed by atoms with Gasteiger partial charge in [0.1, 0.15) is 84.7 Å². The number of nitrogens with zero attached hydrogens (tertiary/aromatic N) is 1. The molecule has 0 aromatic heterocycles. The molecule has 0 radical (unpaired) electrons. The summed E-state index contributed by atoms with van der Waals surface area (Å²) in [5.74, 6) is -0.893. The van der Waals surface area contributed by atoms with Gasteiger partial charge in [0.05, 0.1) is 26.9 Å². The summed E-state index contributed by atoms with van der Waals surface area (Å²) in [5.41, 5.74) is -0.0510. The smallest absolute Gasteiger partial charge is 0.320 e. The topological polar surface area (TPSA) is 317 Å². The van der Waals surface area contributed by atoms with Gasteiger partial charge in [-0.05, 0) is 12.1 Å².